The Labute approximate surface area is 171 Å². The van der Waals surface area contributed by atoms with Crippen molar-refractivity contribution in [1.82, 2.24) is 0 Å². The maximum atomic E-state index is 12.4. The number of methoxy groups -OCH3 is 1. The van der Waals surface area contributed by atoms with Crippen molar-refractivity contribution in [3.05, 3.63) is 44.2 Å². The Balaban J connectivity index is 1.75. The quantitative estimate of drug-likeness (QED) is 0.682. The van der Waals surface area contributed by atoms with E-state index >= 15 is 0 Å². The van der Waals surface area contributed by atoms with Gasteiger partial charge < -0.3 is 14.8 Å². The maximum absolute atomic E-state index is 12.4. The lowest BCUT2D eigenvalue weighted by molar-refractivity contribution is -0.118. The number of esters is 1. The number of fused-ring (bicyclic) bond motifs is 1. The van der Waals surface area contributed by atoms with Gasteiger partial charge in [0.05, 0.1) is 17.7 Å². The van der Waals surface area contributed by atoms with Crippen molar-refractivity contribution < 1.29 is 19.1 Å². The van der Waals surface area contributed by atoms with Crippen LogP contribution >= 0.6 is 34.5 Å². The number of ether oxygens (including phenoxy) is 2. The number of carbonyl (C=O) groups is 2. The maximum Gasteiger partial charge on any atom is 0.341 e. The molecule has 1 aromatic heterocycles. The molecule has 1 aliphatic carbocycles. The highest BCUT2D eigenvalue weighted by Crippen LogP contribution is 2.40. The van der Waals surface area contributed by atoms with E-state index in [4.69, 9.17) is 32.7 Å². The molecule has 5 nitrogen and oxygen atoms in total. The summed E-state index contributed by atoms with van der Waals surface area (Å²) in [4.78, 5) is 25.8. The molecular formula is C19H19Cl2NO4S. The molecule has 0 bridgehead atoms. The SMILES string of the molecule is COC(=O)c1c(NC(=O)COc2cc(Cl)ccc2Cl)sc2c1CC[C@@H](C)C2. The summed E-state index contributed by atoms with van der Waals surface area (Å²) in [5.74, 6) is 0.0595. The number of rotatable bonds is 5. The van der Waals surface area contributed by atoms with Crippen LogP contribution in [0, 0.1) is 5.92 Å². The first-order valence-electron chi connectivity index (χ1n) is 8.49. The van der Waals surface area contributed by atoms with E-state index in [-0.39, 0.29) is 12.5 Å². The lowest BCUT2D eigenvalue weighted by Crippen LogP contribution is -2.21. The third kappa shape index (κ3) is 4.57. The van der Waals surface area contributed by atoms with Gasteiger partial charge in [0, 0.05) is 16.0 Å². The molecule has 0 saturated carbocycles. The number of thiophene rings is 1. The molecule has 1 aromatic carbocycles. The topological polar surface area (TPSA) is 64.6 Å². The predicted octanol–water partition coefficient (Wildman–Crippen LogP) is 4.98. The summed E-state index contributed by atoms with van der Waals surface area (Å²) >= 11 is 13.4. The van der Waals surface area contributed by atoms with Gasteiger partial charge in [0.2, 0.25) is 0 Å². The van der Waals surface area contributed by atoms with Crippen LogP contribution < -0.4 is 10.1 Å². The number of carbonyl (C=O) groups excluding carboxylic acids is 2. The van der Waals surface area contributed by atoms with Gasteiger partial charge in [0.1, 0.15) is 10.8 Å². The van der Waals surface area contributed by atoms with Crippen LogP contribution in [0.2, 0.25) is 10.0 Å². The molecule has 0 fully saturated rings. The normalized spacial score (nSPS) is 15.8. The number of benzene rings is 1. The molecular weight excluding hydrogens is 409 g/mol. The van der Waals surface area contributed by atoms with Crippen molar-refractivity contribution >= 4 is 51.4 Å². The highest BCUT2D eigenvalue weighted by Gasteiger charge is 2.28. The monoisotopic (exact) mass is 427 g/mol. The molecule has 1 amide bonds. The fraction of sp³-hybridized carbons (Fsp3) is 0.368. The number of anilines is 1. The van der Waals surface area contributed by atoms with Gasteiger partial charge in [-0.3, -0.25) is 4.79 Å². The molecule has 0 unspecified atom stereocenters. The van der Waals surface area contributed by atoms with Crippen LogP contribution in [0.15, 0.2) is 18.2 Å². The van der Waals surface area contributed by atoms with Crippen molar-refractivity contribution in [3.8, 4) is 5.75 Å². The lowest BCUT2D eigenvalue weighted by atomic mass is 9.88. The first-order chi connectivity index (χ1) is 12.9. The Bertz CT molecular complexity index is 881. The molecule has 1 N–H and O–H groups in total. The number of hydrogen-bond acceptors (Lipinski definition) is 5. The lowest BCUT2D eigenvalue weighted by Gasteiger charge is -2.18. The van der Waals surface area contributed by atoms with Crippen molar-refractivity contribution in [1.29, 1.82) is 0 Å². The molecule has 8 heteroatoms. The molecule has 3 rings (SSSR count). The Morgan fingerprint density at radius 3 is 2.85 bits per heavy atom. The Kier molecular flexibility index (Phi) is 6.29. The average Bonchev–Trinajstić information content (AvgIpc) is 2.98. The van der Waals surface area contributed by atoms with Gasteiger partial charge in [-0.25, -0.2) is 4.79 Å². The van der Waals surface area contributed by atoms with Gasteiger partial charge in [-0.1, -0.05) is 30.1 Å². The zero-order chi connectivity index (χ0) is 19.6. The Hall–Kier alpha value is -1.76. The standard InChI is InChI=1S/C19H19Cl2NO4S/c1-10-3-5-12-15(7-10)27-18(17(12)19(24)25-2)22-16(23)9-26-14-8-11(20)4-6-13(14)21/h4,6,8,10H,3,5,7,9H2,1-2H3,(H,22,23)/t10-/m1/s1. The highest BCUT2D eigenvalue weighted by atomic mass is 35.5. The fourth-order valence-electron chi connectivity index (χ4n) is 3.05. The van der Waals surface area contributed by atoms with E-state index in [1.807, 2.05) is 0 Å². The summed E-state index contributed by atoms with van der Waals surface area (Å²) in [7, 11) is 1.34. The number of hydrogen-bond donors (Lipinski definition) is 1. The molecule has 2 aromatic rings. The first-order valence-corrected chi connectivity index (χ1v) is 10.1. The van der Waals surface area contributed by atoms with E-state index in [9.17, 15) is 9.59 Å². The van der Waals surface area contributed by atoms with Gasteiger partial charge in [-0.15, -0.1) is 11.3 Å². The number of halogens is 2. The van der Waals surface area contributed by atoms with Crippen LogP contribution in [0.4, 0.5) is 5.00 Å². The fourth-order valence-corrected chi connectivity index (χ4v) is 4.80. The second kappa shape index (κ2) is 8.50. The number of nitrogens with one attached hydrogen (secondary N) is 1. The summed E-state index contributed by atoms with van der Waals surface area (Å²) in [6.45, 7) is 1.93. The van der Waals surface area contributed by atoms with E-state index in [0.29, 0.717) is 32.3 Å². The zero-order valence-corrected chi connectivity index (χ0v) is 17.3. The van der Waals surface area contributed by atoms with E-state index in [1.165, 1.54) is 18.4 Å². The molecule has 0 radical (unpaired) electrons. The summed E-state index contributed by atoms with van der Waals surface area (Å²) in [6.07, 6.45) is 2.72. The molecule has 1 heterocycles. The van der Waals surface area contributed by atoms with Crippen molar-refractivity contribution in [3.63, 3.8) is 0 Å². The summed E-state index contributed by atoms with van der Waals surface area (Å²) in [5.41, 5.74) is 1.44. The summed E-state index contributed by atoms with van der Waals surface area (Å²) in [5, 5.41) is 4.11. The van der Waals surface area contributed by atoms with E-state index in [1.54, 1.807) is 18.2 Å². The minimum atomic E-state index is -0.434. The van der Waals surface area contributed by atoms with Gasteiger partial charge in [-0.05, 0) is 42.9 Å². The highest BCUT2D eigenvalue weighted by molar-refractivity contribution is 7.17. The van der Waals surface area contributed by atoms with Gasteiger partial charge in [0.15, 0.2) is 6.61 Å². The van der Waals surface area contributed by atoms with Crippen LogP contribution in [0.1, 0.15) is 34.1 Å². The second-order valence-corrected chi connectivity index (χ2v) is 8.41. The number of amides is 1. The molecule has 0 spiro atoms. The first kappa shape index (κ1) is 20.0. The minimum Gasteiger partial charge on any atom is -0.482 e. The molecule has 0 aliphatic heterocycles. The van der Waals surface area contributed by atoms with Crippen LogP contribution in [0.25, 0.3) is 0 Å². The van der Waals surface area contributed by atoms with E-state index < -0.39 is 5.97 Å². The van der Waals surface area contributed by atoms with Crippen LogP contribution in [0.5, 0.6) is 5.75 Å². The van der Waals surface area contributed by atoms with Crippen LogP contribution in [-0.4, -0.2) is 25.6 Å². The molecule has 27 heavy (non-hydrogen) atoms. The summed E-state index contributed by atoms with van der Waals surface area (Å²) < 4.78 is 10.4. The third-order valence-corrected chi connectivity index (χ3v) is 6.12. The van der Waals surface area contributed by atoms with Gasteiger partial charge in [0.25, 0.3) is 5.91 Å². The van der Waals surface area contributed by atoms with Crippen molar-refractivity contribution in [2.75, 3.05) is 19.0 Å². The van der Waals surface area contributed by atoms with Crippen LogP contribution in [-0.2, 0) is 22.4 Å². The van der Waals surface area contributed by atoms with Gasteiger partial charge >= 0.3 is 5.97 Å². The Morgan fingerprint density at radius 1 is 1.33 bits per heavy atom. The average molecular weight is 428 g/mol. The van der Waals surface area contributed by atoms with Crippen molar-refractivity contribution in [2.24, 2.45) is 5.92 Å². The predicted molar refractivity (Wildman–Crippen MR) is 107 cm³/mol. The van der Waals surface area contributed by atoms with Crippen LogP contribution in [0.3, 0.4) is 0 Å². The smallest absolute Gasteiger partial charge is 0.341 e. The summed E-state index contributed by atoms with van der Waals surface area (Å²) in [6, 6.07) is 4.78. The largest absolute Gasteiger partial charge is 0.482 e. The molecule has 0 saturated heterocycles. The van der Waals surface area contributed by atoms with Crippen molar-refractivity contribution in [2.45, 2.75) is 26.2 Å². The van der Waals surface area contributed by atoms with Gasteiger partial charge in [-0.2, -0.15) is 0 Å². The molecule has 144 valence electrons. The second-order valence-electron chi connectivity index (χ2n) is 6.46. The molecule has 1 aliphatic rings. The Morgan fingerprint density at radius 2 is 2.11 bits per heavy atom. The third-order valence-electron chi connectivity index (χ3n) is 4.41. The minimum absolute atomic E-state index is 0.250. The molecule has 1 atom stereocenters. The van der Waals surface area contributed by atoms with E-state index in [2.05, 4.69) is 12.2 Å². The zero-order valence-electron chi connectivity index (χ0n) is 14.9. The van der Waals surface area contributed by atoms with E-state index in [0.717, 1.165) is 29.7 Å².